The summed E-state index contributed by atoms with van der Waals surface area (Å²) in [6.07, 6.45) is 0. The molecule has 0 fully saturated rings. The van der Waals surface area contributed by atoms with Gasteiger partial charge in [-0.15, -0.1) is 11.3 Å². The molecule has 8 heteroatoms. The summed E-state index contributed by atoms with van der Waals surface area (Å²) in [5.41, 5.74) is 1.33. The molecule has 146 valence electrons. The normalized spacial score (nSPS) is 11.0. The Balaban J connectivity index is 1.78. The molecule has 0 radical (unpaired) electrons. The molecule has 1 N–H and O–H groups in total. The maximum Gasteiger partial charge on any atom is 0.267 e. The summed E-state index contributed by atoms with van der Waals surface area (Å²) < 4.78 is 15.8. The summed E-state index contributed by atoms with van der Waals surface area (Å²) in [6, 6.07) is 11.2. The fourth-order valence-electron chi connectivity index (χ4n) is 3.22. The van der Waals surface area contributed by atoms with Crippen LogP contribution in [0.25, 0.3) is 16.6 Å². The maximum atomic E-state index is 14.4. The van der Waals surface area contributed by atoms with E-state index in [-0.39, 0.29) is 11.2 Å². The number of aryl methyl sites for hydroxylation is 3. The van der Waals surface area contributed by atoms with E-state index in [9.17, 15) is 14.0 Å². The molecule has 0 aliphatic rings. The number of anilines is 1. The van der Waals surface area contributed by atoms with E-state index in [0.29, 0.717) is 33.0 Å². The second-order valence-electron chi connectivity index (χ2n) is 6.58. The van der Waals surface area contributed by atoms with Gasteiger partial charge in [0.05, 0.1) is 33.0 Å². The van der Waals surface area contributed by atoms with Gasteiger partial charge in [-0.3, -0.25) is 14.2 Å². The Hall–Kier alpha value is -3.39. The highest BCUT2D eigenvalue weighted by atomic mass is 32.1. The molecule has 1 amide bonds. The van der Waals surface area contributed by atoms with E-state index in [0.717, 1.165) is 5.01 Å². The van der Waals surface area contributed by atoms with Gasteiger partial charge in [0.2, 0.25) is 0 Å². The van der Waals surface area contributed by atoms with Gasteiger partial charge in [-0.1, -0.05) is 12.1 Å². The van der Waals surface area contributed by atoms with Crippen molar-refractivity contribution in [2.75, 3.05) is 5.32 Å². The van der Waals surface area contributed by atoms with Crippen molar-refractivity contribution >= 4 is 33.8 Å². The van der Waals surface area contributed by atoms with E-state index in [1.807, 2.05) is 6.07 Å². The number of nitrogens with one attached hydrogen (secondary N) is 1. The maximum absolute atomic E-state index is 14.4. The number of aromatic nitrogens is 3. The first-order chi connectivity index (χ1) is 13.8. The molecule has 0 aliphatic heterocycles. The molecule has 2 aromatic heterocycles. The van der Waals surface area contributed by atoms with E-state index in [2.05, 4.69) is 15.3 Å². The summed E-state index contributed by atoms with van der Waals surface area (Å²) >= 11 is 1.24. The summed E-state index contributed by atoms with van der Waals surface area (Å²) in [5.74, 6) is -0.572. The lowest BCUT2D eigenvalue weighted by Gasteiger charge is -2.13. The quantitative estimate of drug-likeness (QED) is 0.552. The Bertz CT molecular complexity index is 1330. The number of benzene rings is 2. The molecular formula is C21H17FN4O2S. The summed E-state index contributed by atoms with van der Waals surface area (Å²) in [6.45, 7) is 5.24. The SMILES string of the molecule is Cc1nc(C)c(C(=O)Nc2cc(-n3c(C)nc4ccccc4c3=O)ccc2F)s1. The molecule has 2 aromatic carbocycles. The average Bonchev–Trinajstić information content (AvgIpc) is 3.02. The Morgan fingerprint density at radius 1 is 1.10 bits per heavy atom. The zero-order valence-electron chi connectivity index (χ0n) is 16.0. The average molecular weight is 408 g/mol. The van der Waals surface area contributed by atoms with Crippen LogP contribution in [0.3, 0.4) is 0 Å². The highest BCUT2D eigenvalue weighted by Crippen LogP contribution is 2.23. The van der Waals surface area contributed by atoms with Crippen LogP contribution in [0.4, 0.5) is 10.1 Å². The molecule has 0 saturated heterocycles. The first-order valence-corrected chi connectivity index (χ1v) is 9.70. The lowest BCUT2D eigenvalue weighted by Crippen LogP contribution is -2.22. The van der Waals surface area contributed by atoms with Crippen molar-refractivity contribution in [2.45, 2.75) is 20.8 Å². The fourth-order valence-corrected chi connectivity index (χ4v) is 4.03. The molecule has 0 bridgehead atoms. The van der Waals surface area contributed by atoms with Crippen LogP contribution in [0.15, 0.2) is 47.3 Å². The van der Waals surface area contributed by atoms with Crippen LogP contribution in [0, 0.1) is 26.6 Å². The smallest absolute Gasteiger partial charge is 0.267 e. The third-order valence-corrected chi connectivity index (χ3v) is 5.58. The number of halogens is 1. The Morgan fingerprint density at radius 2 is 1.86 bits per heavy atom. The van der Waals surface area contributed by atoms with Gasteiger partial charge in [0.15, 0.2) is 0 Å². The third kappa shape index (κ3) is 3.42. The predicted octanol–water partition coefficient (Wildman–Crippen LogP) is 4.16. The Kier molecular flexibility index (Phi) is 4.71. The first-order valence-electron chi connectivity index (χ1n) is 8.89. The number of amides is 1. The summed E-state index contributed by atoms with van der Waals surface area (Å²) in [4.78, 5) is 34.7. The van der Waals surface area contributed by atoms with E-state index >= 15 is 0 Å². The molecule has 4 rings (SSSR count). The molecule has 29 heavy (non-hydrogen) atoms. The van der Waals surface area contributed by atoms with Gasteiger partial charge in [-0.2, -0.15) is 0 Å². The number of hydrogen-bond donors (Lipinski definition) is 1. The van der Waals surface area contributed by atoms with Gasteiger partial charge in [0.1, 0.15) is 16.5 Å². The number of hydrogen-bond acceptors (Lipinski definition) is 5. The number of carbonyl (C=O) groups is 1. The molecular weight excluding hydrogens is 391 g/mol. The topological polar surface area (TPSA) is 76.9 Å². The van der Waals surface area contributed by atoms with E-state index in [4.69, 9.17) is 0 Å². The minimum absolute atomic E-state index is 0.0163. The molecule has 2 heterocycles. The minimum Gasteiger partial charge on any atom is -0.319 e. The van der Waals surface area contributed by atoms with Crippen LogP contribution in [-0.4, -0.2) is 20.4 Å². The van der Waals surface area contributed by atoms with Gasteiger partial charge in [-0.05, 0) is 51.1 Å². The van der Waals surface area contributed by atoms with Gasteiger partial charge < -0.3 is 5.32 Å². The van der Waals surface area contributed by atoms with Gasteiger partial charge in [0.25, 0.3) is 11.5 Å². The van der Waals surface area contributed by atoms with Crippen LogP contribution in [0.1, 0.15) is 26.2 Å². The summed E-state index contributed by atoms with van der Waals surface area (Å²) in [5, 5.41) is 3.81. The Morgan fingerprint density at radius 3 is 2.59 bits per heavy atom. The van der Waals surface area contributed by atoms with E-state index in [1.54, 1.807) is 39.0 Å². The monoisotopic (exact) mass is 408 g/mol. The van der Waals surface area contributed by atoms with Crippen LogP contribution in [-0.2, 0) is 0 Å². The number of para-hydroxylation sites is 1. The van der Waals surface area contributed by atoms with Crippen molar-refractivity contribution in [1.29, 1.82) is 0 Å². The highest BCUT2D eigenvalue weighted by Gasteiger charge is 2.17. The zero-order valence-corrected chi connectivity index (χ0v) is 16.8. The molecule has 6 nitrogen and oxygen atoms in total. The number of nitrogens with zero attached hydrogens (tertiary/aromatic N) is 3. The van der Waals surface area contributed by atoms with E-state index in [1.165, 1.54) is 34.1 Å². The van der Waals surface area contributed by atoms with Crippen molar-refractivity contribution < 1.29 is 9.18 Å². The fraction of sp³-hybridized carbons (Fsp3) is 0.143. The van der Waals surface area contributed by atoms with Crippen molar-refractivity contribution in [3.05, 3.63) is 80.0 Å². The van der Waals surface area contributed by atoms with Gasteiger partial charge in [0, 0.05) is 0 Å². The molecule has 0 atom stereocenters. The largest absolute Gasteiger partial charge is 0.319 e. The predicted molar refractivity (Wildman–Crippen MR) is 112 cm³/mol. The van der Waals surface area contributed by atoms with Crippen LogP contribution in [0.2, 0.25) is 0 Å². The second-order valence-corrected chi connectivity index (χ2v) is 7.79. The van der Waals surface area contributed by atoms with Crippen LogP contribution < -0.4 is 10.9 Å². The molecule has 0 aliphatic carbocycles. The number of thiazole rings is 1. The van der Waals surface area contributed by atoms with Crippen molar-refractivity contribution in [1.82, 2.24) is 14.5 Å². The Labute approximate surface area is 169 Å². The van der Waals surface area contributed by atoms with Crippen LogP contribution >= 0.6 is 11.3 Å². The third-order valence-electron chi connectivity index (χ3n) is 4.51. The number of fused-ring (bicyclic) bond motifs is 1. The zero-order chi connectivity index (χ0) is 20.7. The molecule has 0 spiro atoms. The van der Waals surface area contributed by atoms with Crippen molar-refractivity contribution in [2.24, 2.45) is 0 Å². The molecule has 4 aromatic rings. The van der Waals surface area contributed by atoms with Crippen molar-refractivity contribution in [3.8, 4) is 5.69 Å². The highest BCUT2D eigenvalue weighted by molar-refractivity contribution is 7.13. The molecule has 0 unspecified atom stereocenters. The van der Waals surface area contributed by atoms with Gasteiger partial charge in [-0.25, -0.2) is 14.4 Å². The number of carbonyl (C=O) groups excluding carboxylic acids is 1. The van der Waals surface area contributed by atoms with Crippen LogP contribution in [0.5, 0.6) is 0 Å². The minimum atomic E-state index is -0.597. The van der Waals surface area contributed by atoms with E-state index < -0.39 is 11.7 Å². The lowest BCUT2D eigenvalue weighted by atomic mass is 10.2. The standard InChI is InChI=1S/C21H17FN4O2S/c1-11-19(29-13(3)23-11)20(27)25-18-10-14(8-9-16(18)22)26-12(2)24-17-7-5-4-6-15(17)21(26)28/h4-10H,1-3H3,(H,25,27). The van der Waals surface area contributed by atoms with Gasteiger partial charge >= 0.3 is 0 Å². The lowest BCUT2D eigenvalue weighted by molar-refractivity contribution is 0.102. The molecule has 0 saturated carbocycles. The second kappa shape index (κ2) is 7.21. The van der Waals surface area contributed by atoms with Crippen molar-refractivity contribution in [3.63, 3.8) is 0 Å². The summed E-state index contributed by atoms with van der Waals surface area (Å²) in [7, 11) is 0. The first kappa shape index (κ1) is 18.9. The number of rotatable bonds is 3.